The molecule has 1 saturated heterocycles. The Morgan fingerprint density at radius 2 is 1.84 bits per heavy atom. The molecule has 174 valence electrons. The van der Waals surface area contributed by atoms with Crippen LogP contribution in [0.1, 0.15) is 49.5 Å². The van der Waals surface area contributed by atoms with Crippen LogP contribution in [-0.4, -0.2) is 43.6 Å². The summed E-state index contributed by atoms with van der Waals surface area (Å²) in [4.78, 5) is 19.4. The minimum atomic E-state index is -0.0244. The quantitative estimate of drug-likeness (QED) is 0.263. The van der Waals surface area contributed by atoms with Gasteiger partial charge in [-0.3, -0.25) is 4.79 Å². The smallest absolute Gasteiger partial charge is 0.251 e. The second-order valence-corrected chi connectivity index (χ2v) is 8.09. The molecule has 1 fully saturated rings. The number of rotatable bonds is 8. The van der Waals surface area contributed by atoms with E-state index in [0.29, 0.717) is 18.2 Å². The molecule has 3 rings (SSSR count). The summed E-state index contributed by atoms with van der Waals surface area (Å²) >= 11 is 0. The minimum absolute atomic E-state index is 0. The summed E-state index contributed by atoms with van der Waals surface area (Å²) in [5.74, 6) is 0.810. The van der Waals surface area contributed by atoms with E-state index >= 15 is 0 Å². The topological polar surface area (TPSA) is 68.8 Å². The lowest BCUT2D eigenvalue weighted by Crippen LogP contribution is -2.44. The third-order valence-corrected chi connectivity index (χ3v) is 5.62. The molecule has 0 bridgehead atoms. The lowest BCUT2D eigenvalue weighted by molar-refractivity contribution is 0.0939. The molecule has 0 aromatic heterocycles. The Balaban J connectivity index is 0.00000363. The zero-order valence-corrected chi connectivity index (χ0v) is 21.6. The number of nitrogens with zero attached hydrogens (tertiary/aromatic N) is 2. The van der Waals surface area contributed by atoms with E-state index in [2.05, 4.69) is 65.0 Å². The number of nitrogens with one attached hydrogen (secondary N) is 3. The van der Waals surface area contributed by atoms with Crippen molar-refractivity contribution in [3.8, 4) is 0 Å². The van der Waals surface area contributed by atoms with Crippen LogP contribution >= 0.6 is 24.0 Å². The van der Waals surface area contributed by atoms with E-state index in [1.54, 1.807) is 0 Å². The van der Waals surface area contributed by atoms with Crippen LogP contribution in [0.4, 0.5) is 5.69 Å². The van der Waals surface area contributed by atoms with E-state index in [4.69, 9.17) is 4.99 Å². The Morgan fingerprint density at radius 3 is 2.50 bits per heavy atom. The molecule has 2 atom stereocenters. The van der Waals surface area contributed by atoms with Gasteiger partial charge in [-0.1, -0.05) is 37.3 Å². The molecular weight excluding hydrogens is 513 g/mol. The maximum atomic E-state index is 12.2. The average molecular weight is 550 g/mol. The van der Waals surface area contributed by atoms with Gasteiger partial charge in [0.15, 0.2) is 5.96 Å². The first kappa shape index (κ1) is 26.0. The summed E-state index contributed by atoms with van der Waals surface area (Å²) in [6.07, 6.45) is 2.00. The van der Waals surface area contributed by atoms with Crippen molar-refractivity contribution >= 4 is 41.5 Å². The van der Waals surface area contributed by atoms with Gasteiger partial charge in [-0.25, -0.2) is 4.99 Å². The summed E-state index contributed by atoms with van der Waals surface area (Å²) in [5.41, 5.74) is 3.03. The van der Waals surface area contributed by atoms with Gasteiger partial charge in [0.25, 0.3) is 5.91 Å². The second-order valence-electron chi connectivity index (χ2n) is 8.09. The van der Waals surface area contributed by atoms with Gasteiger partial charge >= 0.3 is 0 Å². The third kappa shape index (κ3) is 7.69. The summed E-state index contributed by atoms with van der Waals surface area (Å²) < 4.78 is 0. The van der Waals surface area contributed by atoms with Crippen molar-refractivity contribution < 1.29 is 4.79 Å². The number of halogens is 1. The fourth-order valence-corrected chi connectivity index (χ4v) is 3.61. The van der Waals surface area contributed by atoms with E-state index in [-0.39, 0.29) is 35.9 Å². The van der Waals surface area contributed by atoms with Crippen LogP contribution < -0.4 is 20.9 Å². The molecular formula is C25H36IN5O. The molecule has 1 amide bonds. The molecule has 0 saturated carbocycles. The molecule has 7 heteroatoms. The Labute approximate surface area is 209 Å². The van der Waals surface area contributed by atoms with E-state index in [9.17, 15) is 4.79 Å². The van der Waals surface area contributed by atoms with Crippen LogP contribution in [0.5, 0.6) is 0 Å². The standard InChI is InChI=1S/C25H35N5O.HI/c1-4-19(3)28-24(31)21-13-11-20(12-14-21)17-27-25(26-5-2)29-22-15-16-30(18-22)23-9-7-6-8-10-23;/h6-14,19,22H,4-5,15-18H2,1-3H3,(H,28,31)(H2,26,27,29);1H. The molecule has 1 aliphatic rings. The van der Waals surface area contributed by atoms with Gasteiger partial charge in [-0.15, -0.1) is 24.0 Å². The Kier molecular flexibility index (Phi) is 10.8. The number of aliphatic imine (C=N–C) groups is 1. The predicted molar refractivity (Wildman–Crippen MR) is 144 cm³/mol. The molecule has 32 heavy (non-hydrogen) atoms. The van der Waals surface area contributed by atoms with Gasteiger partial charge in [0, 0.05) is 43.0 Å². The number of hydrogen-bond acceptors (Lipinski definition) is 3. The van der Waals surface area contributed by atoms with Gasteiger partial charge in [0.05, 0.1) is 6.54 Å². The fraction of sp³-hybridized carbons (Fsp3) is 0.440. The predicted octanol–water partition coefficient (Wildman–Crippen LogP) is 4.17. The highest BCUT2D eigenvalue weighted by molar-refractivity contribution is 14.0. The number of para-hydroxylation sites is 1. The Bertz CT molecular complexity index is 856. The third-order valence-electron chi connectivity index (χ3n) is 5.62. The Morgan fingerprint density at radius 1 is 1.12 bits per heavy atom. The van der Waals surface area contributed by atoms with E-state index in [0.717, 1.165) is 44.0 Å². The monoisotopic (exact) mass is 549 g/mol. The lowest BCUT2D eigenvalue weighted by Gasteiger charge is -2.20. The highest BCUT2D eigenvalue weighted by Gasteiger charge is 2.23. The van der Waals surface area contributed by atoms with Gasteiger partial charge in [0.1, 0.15) is 0 Å². The largest absolute Gasteiger partial charge is 0.369 e. The number of hydrogen-bond donors (Lipinski definition) is 3. The molecule has 2 aromatic carbocycles. The Hall–Kier alpha value is -2.29. The maximum absolute atomic E-state index is 12.2. The average Bonchev–Trinajstić information content (AvgIpc) is 3.27. The second kappa shape index (κ2) is 13.3. The summed E-state index contributed by atoms with van der Waals surface area (Å²) in [7, 11) is 0. The van der Waals surface area contributed by atoms with E-state index < -0.39 is 0 Å². The number of carbonyl (C=O) groups excluding carboxylic acids is 1. The fourth-order valence-electron chi connectivity index (χ4n) is 3.61. The van der Waals surface area contributed by atoms with Crippen molar-refractivity contribution in [2.45, 2.75) is 52.2 Å². The number of guanidine groups is 1. The highest BCUT2D eigenvalue weighted by atomic mass is 127. The van der Waals surface area contributed by atoms with Crippen molar-refractivity contribution in [2.24, 2.45) is 4.99 Å². The molecule has 0 spiro atoms. The normalized spacial score (nSPS) is 16.8. The molecule has 0 radical (unpaired) electrons. The summed E-state index contributed by atoms with van der Waals surface area (Å²) in [5, 5.41) is 9.92. The van der Waals surface area contributed by atoms with Crippen molar-refractivity contribution in [1.82, 2.24) is 16.0 Å². The van der Waals surface area contributed by atoms with Crippen LogP contribution in [0.15, 0.2) is 59.6 Å². The maximum Gasteiger partial charge on any atom is 0.251 e. The van der Waals surface area contributed by atoms with Crippen molar-refractivity contribution in [3.05, 3.63) is 65.7 Å². The lowest BCUT2D eigenvalue weighted by atomic mass is 10.1. The van der Waals surface area contributed by atoms with Crippen LogP contribution in [0, 0.1) is 0 Å². The first-order valence-electron chi connectivity index (χ1n) is 11.3. The van der Waals surface area contributed by atoms with Crippen LogP contribution in [0.3, 0.4) is 0 Å². The molecule has 2 aromatic rings. The zero-order valence-electron chi connectivity index (χ0n) is 19.3. The van der Waals surface area contributed by atoms with Crippen LogP contribution in [-0.2, 0) is 6.54 Å². The first-order chi connectivity index (χ1) is 15.1. The van der Waals surface area contributed by atoms with Crippen molar-refractivity contribution in [3.63, 3.8) is 0 Å². The molecule has 1 heterocycles. The van der Waals surface area contributed by atoms with E-state index in [1.807, 2.05) is 31.2 Å². The minimum Gasteiger partial charge on any atom is -0.369 e. The van der Waals surface area contributed by atoms with Crippen LogP contribution in [0.2, 0.25) is 0 Å². The van der Waals surface area contributed by atoms with Gasteiger partial charge in [-0.2, -0.15) is 0 Å². The molecule has 1 aliphatic heterocycles. The molecule has 3 N–H and O–H groups in total. The van der Waals surface area contributed by atoms with Gasteiger partial charge in [-0.05, 0) is 56.5 Å². The van der Waals surface area contributed by atoms with Gasteiger partial charge in [0.2, 0.25) is 0 Å². The van der Waals surface area contributed by atoms with Crippen molar-refractivity contribution in [1.29, 1.82) is 0 Å². The zero-order chi connectivity index (χ0) is 22.1. The number of benzene rings is 2. The number of amides is 1. The summed E-state index contributed by atoms with van der Waals surface area (Å²) in [6.45, 7) is 9.54. The SMILES string of the molecule is CCNC(=NCc1ccc(C(=O)NC(C)CC)cc1)NC1CCN(c2ccccc2)C1.I. The number of carbonyl (C=O) groups is 1. The van der Waals surface area contributed by atoms with Crippen LogP contribution in [0.25, 0.3) is 0 Å². The highest BCUT2D eigenvalue weighted by Crippen LogP contribution is 2.19. The van der Waals surface area contributed by atoms with E-state index in [1.165, 1.54) is 5.69 Å². The first-order valence-corrected chi connectivity index (χ1v) is 11.3. The molecule has 2 unspecified atom stereocenters. The van der Waals surface area contributed by atoms with Crippen molar-refractivity contribution in [2.75, 3.05) is 24.5 Å². The number of anilines is 1. The summed E-state index contributed by atoms with van der Waals surface area (Å²) in [6, 6.07) is 18.8. The molecule has 6 nitrogen and oxygen atoms in total. The van der Waals surface area contributed by atoms with Gasteiger partial charge < -0.3 is 20.9 Å². The molecule has 0 aliphatic carbocycles.